The first kappa shape index (κ1) is 16.5. The molecular formula is C18H17NO3S2. The summed E-state index contributed by atoms with van der Waals surface area (Å²) in [6, 6.07) is 17.8. The molecule has 1 heterocycles. The van der Waals surface area contributed by atoms with E-state index < -0.39 is 10.0 Å². The molecule has 0 aliphatic heterocycles. The Hall–Kier alpha value is -2.31. The average Bonchev–Trinajstić information content (AvgIpc) is 3.14. The summed E-state index contributed by atoms with van der Waals surface area (Å²) in [5, 5.41) is 3.71. The van der Waals surface area contributed by atoms with Gasteiger partial charge < -0.3 is 4.74 Å². The number of nitrogens with zero attached hydrogens (tertiary/aromatic N) is 1. The van der Waals surface area contributed by atoms with Gasteiger partial charge in [0.25, 0.3) is 10.0 Å². The van der Waals surface area contributed by atoms with Crippen LogP contribution in [0.3, 0.4) is 0 Å². The predicted molar refractivity (Wildman–Crippen MR) is 97.1 cm³/mol. The van der Waals surface area contributed by atoms with Crippen LogP contribution in [0.15, 0.2) is 76.3 Å². The lowest BCUT2D eigenvalue weighted by Gasteiger charge is -2.23. The fraction of sp³-hybridized carbons (Fsp3) is 0.111. The Morgan fingerprint density at radius 1 is 1.00 bits per heavy atom. The maximum atomic E-state index is 13.1. The highest BCUT2D eigenvalue weighted by Gasteiger charge is 2.25. The smallest absolute Gasteiger partial charge is 0.264 e. The molecule has 3 aromatic rings. The molecule has 0 aliphatic rings. The van der Waals surface area contributed by atoms with Crippen LogP contribution in [0.5, 0.6) is 5.75 Å². The SMILES string of the molecule is COc1ccc(S(=O)(=O)N(Cc2ccccc2)c2ccsc2)cc1. The summed E-state index contributed by atoms with van der Waals surface area (Å²) in [6.07, 6.45) is 0. The molecule has 4 nitrogen and oxygen atoms in total. The van der Waals surface area contributed by atoms with Gasteiger partial charge in [-0.25, -0.2) is 8.42 Å². The Kier molecular flexibility index (Phi) is 4.87. The van der Waals surface area contributed by atoms with E-state index >= 15 is 0 Å². The van der Waals surface area contributed by atoms with Gasteiger partial charge in [0.1, 0.15) is 5.75 Å². The van der Waals surface area contributed by atoms with E-state index in [9.17, 15) is 8.42 Å². The van der Waals surface area contributed by atoms with Crippen LogP contribution < -0.4 is 9.04 Å². The van der Waals surface area contributed by atoms with Crippen LogP contribution >= 0.6 is 11.3 Å². The minimum Gasteiger partial charge on any atom is -0.497 e. The summed E-state index contributed by atoms with van der Waals surface area (Å²) in [5.74, 6) is 0.624. The Labute approximate surface area is 146 Å². The predicted octanol–water partition coefficient (Wildman–Crippen LogP) is 4.15. The lowest BCUT2D eigenvalue weighted by Crippen LogP contribution is -2.30. The maximum Gasteiger partial charge on any atom is 0.264 e. The number of thiophene rings is 1. The lowest BCUT2D eigenvalue weighted by molar-refractivity contribution is 0.414. The molecular weight excluding hydrogens is 342 g/mol. The Morgan fingerprint density at radius 2 is 1.71 bits per heavy atom. The Balaban J connectivity index is 2.00. The average molecular weight is 359 g/mol. The first-order valence-electron chi connectivity index (χ1n) is 7.34. The molecule has 1 aromatic heterocycles. The van der Waals surface area contributed by atoms with E-state index in [2.05, 4.69) is 0 Å². The van der Waals surface area contributed by atoms with Gasteiger partial charge in [0, 0.05) is 5.38 Å². The van der Waals surface area contributed by atoms with E-state index in [4.69, 9.17) is 4.74 Å². The third-order valence-electron chi connectivity index (χ3n) is 3.61. The molecule has 3 rings (SSSR count). The maximum absolute atomic E-state index is 13.1. The molecule has 24 heavy (non-hydrogen) atoms. The molecule has 0 fully saturated rings. The number of benzene rings is 2. The first-order valence-corrected chi connectivity index (χ1v) is 9.72. The largest absolute Gasteiger partial charge is 0.497 e. The van der Waals surface area contributed by atoms with E-state index in [1.165, 1.54) is 15.6 Å². The number of ether oxygens (including phenoxy) is 1. The fourth-order valence-electron chi connectivity index (χ4n) is 2.34. The molecule has 124 valence electrons. The highest BCUT2D eigenvalue weighted by atomic mass is 32.2. The fourth-order valence-corrected chi connectivity index (χ4v) is 4.49. The summed E-state index contributed by atoms with van der Waals surface area (Å²) in [7, 11) is -2.11. The molecule has 2 aromatic carbocycles. The van der Waals surface area contributed by atoms with Crippen LogP contribution in [0.4, 0.5) is 5.69 Å². The van der Waals surface area contributed by atoms with Gasteiger partial charge in [0.05, 0.1) is 24.2 Å². The third-order valence-corrected chi connectivity index (χ3v) is 6.07. The van der Waals surface area contributed by atoms with Gasteiger partial charge in [-0.1, -0.05) is 30.3 Å². The molecule has 0 saturated carbocycles. The molecule has 0 bridgehead atoms. The molecule has 0 saturated heterocycles. The van der Waals surface area contributed by atoms with Crippen molar-refractivity contribution in [2.75, 3.05) is 11.4 Å². The highest BCUT2D eigenvalue weighted by molar-refractivity contribution is 7.92. The molecule has 0 atom stereocenters. The van der Waals surface area contributed by atoms with Crippen molar-refractivity contribution in [2.45, 2.75) is 11.4 Å². The standard InChI is InChI=1S/C18H17NO3S2/c1-22-17-7-9-18(10-8-17)24(20,21)19(16-11-12-23-14-16)13-15-5-3-2-4-6-15/h2-12,14H,13H2,1H3. The lowest BCUT2D eigenvalue weighted by atomic mass is 10.2. The number of rotatable bonds is 6. The van der Waals surface area contributed by atoms with Crippen molar-refractivity contribution in [1.82, 2.24) is 0 Å². The second-order valence-electron chi connectivity index (χ2n) is 5.15. The van der Waals surface area contributed by atoms with E-state index in [1.54, 1.807) is 31.4 Å². The zero-order valence-corrected chi connectivity index (χ0v) is 14.8. The second kappa shape index (κ2) is 7.07. The summed E-state index contributed by atoms with van der Waals surface area (Å²) in [4.78, 5) is 0.241. The van der Waals surface area contributed by atoms with Crippen molar-refractivity contribution >= 4 is 27.0 Å². The highest BCUT2D eigenvalue weighted by Crippen LogP contribution is 2.28. The minimum atomic E-state index is -3.66. The van der Waals surface area contributed by atoms with Crippen molar-refractivity contribution in [1.29, 1.82) is 0 Å². The Morgan fingerprint density at radius 3 is 2.29 bits per heavy atom. The van der Waals surface area contributed by atoms with Crippen LogP contribution in [0, 0.1) is 0 Å². The van der Waals surface area contributed by atoms with Gasteiger partial charge in [0.15, 0.2) is 0 Å². The van der Waals surface area contributed by atoms with E-state index in [-0.39, 0.29) is 11.4 Å². The number of anilines is 1. The summed E-state index contributed by atoms with van der Waals surface area (Å²) in [5.41, 5.74) is 1.60. The van der Waals surface area contributed by atoms with Crippen molar-refractivity contribution in [2.24, 2.45) is 0 Å². The Bertz CT molecular complexity index is 874. The van der Waals surface area contributed by atoms with Crippen molar-refractivity contribution < 1.29 is 13.2 Å². The summed E-state index contributed by atoms with van der Waals surface area (Å²) in [6.45, 7) is 0.284. The van der Waals surface area contributed by atoms with Crippen LogP contribution in [-0.2, 0) is 16.6 Å². The monoisotopic (exact) mass is 359 g/mol. The quantitative estimate of drug-likeness (QED) is 0.664. The minimum absolute atomic E-state index is 0.241. The molecule has 0 amide bonds. The van der Waals surface area contributed by atoms with Crippen LogP contribution in [0.25, 0.3) is 0 Å². The topological polar surface area (TPSA) is 46.6 Å². The third kappa shape index (κ3) is 3.44. The molecule has 0 N–H and O–H groups in total. The van der Waals surface area contributed by atoms with E-state index in [1.807, 2.05) is 47.2 Å². The number of hydrogen-bond acceptors (Lipinski definition) is 4. The van der Waals surface area contributed by atoms with Gasteiger partial charge in [-0.3, -0.25) is 4.31 Å². The van der Waals surface area contributed by atoms with Crippen LogP contribution in [0.2, 0.25) is 0 Å². The van der Waals surface area contributed by atoms with Crippen molar-refractivity contribution in [3.8, 4) is 5.75 Å². The molecule has 0 radical (unpaired) electrons. The zero-order valence-electron chi connectivity index (χ0n) is 13.1. The van der Waals surface area contributed by atoms with Gasteiger partial charge in [0.2, 0.25) is 0 Å². The molecule has 6 heteroatoms. The van der Waals surface area contributed by atoms with Gasteiger partial charge in [-0.05, 0) is 41.3 Å². The van der Waals surface area contributed by atoms with E-state index in [0.29, 0.717) is 11.4 Å². The second-order valence-corrected chi connectivity index (χ2v) is 7.80. The van der Waals surface area contributed by atoms with Crippen LogP contribution in [0.1, 0.15) is 5.56 Å². The van der Waals surface area contributed by atoms with Crippen LogP contribution in [-0.4, -0.2) is 15.5 Å². The molecule has 0 spiro atoms. The van der Waals surface area contributed by atoms with Crippen molar-refractivity contribution in [3.63, 3.8) is 0 Å². The first-order chi connectivity index (χ1) is 11.6. The van der Waals surface area contributed by atoms with Gasteiger partial charge in [-0.2, -0.15) is 11.3 Å². The normalized spacial score (nSPS) is 11.2. The zero-order chi connectivity index (χ0) is 17.0. The van der Waals surface area contributed by atoms with Gasteiger partial charge in [-0.15, -0.1) is 0 Å². The van der Waals surface area contributed by atoms with Crippen molar-refractivity contribution in [3.05, 3.63) is 77.0 Å². The summed E-state index contributed by atoms with van der Waals surface area (Å²) < 4.78 is 32.8. The number of methoxy groups -OCH3 is 1. The van der Waals surface area contributed by atoms with Gasteiger partial charge >= 0.3 is 0 Å². The number of sulfonamides is 1. The molecule has 0 unspecified atom stereocenters. The van der Waals surface area contributed by atoms with E-state index in [0.717, 1.165) is 5.56 Å². The number of hydrogen-bond donors (Lipinski definition) is 0. The molecule has 0 aliphatic carbocycles. The summed E-state index contributed by atoms with van der Waals surface area (Å²) >= 11 is 1.47.